The second-order valence-corrected chi connectivity index (χ2v) is 18.4. The van der Waals surface area contributed by atoms with Gasteiger partial charge in [-0.1, -0.05) is 133 Å². The highest BCUT2D eigenvalue weighted by Gasteiger charge is 2.32. The van der Waals surface area contributed by atoms with Crippen LogP contribution in [0.1, 0.15) is 29.0 Å². The van der Waals surface area contributed by atoms with Crippen molar-refractivity contribution in [3.05, 3.63) is 211 Å². The largest absolute Gasteiger partial charge is 0.456 e. The molecule has 3 heterocycles. The molecule has 12 aromatic rings. The molecule has 9 aromatic carbocycles. The molecule has 1 atom stereocenters. The number of rotatable bonds is 5. The minimum absolute atomic E-state index is 0.216. The molecule has 0 amide bonds. The normalized spacial score (nSPS) is 13.9. The summed E-state index contributed by atoms with van der Waals surface area (Å²) in [5, 5.41) is 7.46. The molecular weight excluding hydrogens is 779 g/mol. The summed E-state index contributed by atoms with van der Waals surface area (Å²) < 4.78 is 12.1. The maximum absolute atomic E-state index is 6.90. The van der Waals surface area contributed by atoms with Crippen molar-refractivity contribution < 1.29 is 4.42 Å². The first-order chi connectivity index (χ1) is 30.2. The third kappa shape index (κ3) is 5.46. The van der Waals surface area contributed by atoms with Crippen molar-refractivity contribution in [1.29, 1.82) is 0 Å². The lowest BCUT2D eigenvalue weighted by Gasteiger charge is -2.30. The predicted molar refractivity (Wildman–Crippen MR) is 262 cm³/mol. The molecule has 1 aliphatic rings. The van der Waals surface area contributed by atoms with E-state index in [0.717, 1.165) is 40.5 Å². The van der Waals surface area contributed by atoms with Gasteiger partial charge in [-0.15, -0.1) is 22.7 Å². The Morgan fingerprint density at radius 1 is 0.492 bits per heavy atom. The molecule has 4 heteroatoms. The average molecular weight is 816 g/mol. The van der Waals surface area contributed by atoms with Crippen molar-refractivity contribution in [2.75, 3.05) is 4.90 Å². The van der Waals surface area contributed by atoms with Crippen LogP contribution in [0, 0.1) is 0 Å². The molecule has 13 rings (SSSR count). The van der Waals surface area contributed by atoms with Gasteiger partial charge in [0.2, 0.25) is 0 Å². The summed E-state index contributed by atoms with van der Waals surface area (Å²) in [5.74, 6) is 0.216. The topological polar surface area (TPSA) is 16.4 Å². The zero-order valence-corrected chi connectivity index (χ0v) is 34.8. The zero-order valence-electron chi connectivity index (χ0n) is 33.1. The van der Waals surface area contributed by atoms with Gasteiger partial charge >= 0.3 is 0 Å². The molecule has 1 unspecified atom stereocenters. The summed E-state index contributed by atoms with van der Waals surface area (Å²) in [7, 11) is 0. The molecule has 0 N–H and O–H groups in total. The van der Waals surface area contributed by atoms with Crippen molar-refractivity contribution in [3.63, 3.8) is 0 Å². The quantitative estimate of drug-likeness (QED) is 0.172. The fourth-order valence-electron chi connectivity index (χ4n) is 10.2. The van der Waals surface area contributed by atoms with Gasteiger partial charge in [0.25, 0.3) is 0 Å². The minimum Gasteiger partial charge on any atom is -0.456 e. The van der Waals surface area contributed by atoms with E-state index in [1.165, 1.54) is 90.7 Å². The first kappa shape index (κ1) is 34.8. The molecule has 0 saturated heterocycles. The van der Waals surface area contributed by atoms with Crippen molar-refractivity contribution in [2.45, 2.75) is 18.8 Å². The number of furan rings is 1. The molecule has 0 spiro atoms. The van der Waals surface area contributed by atoms with Gasteiger partial charge in [-0.05, 0) is 107 Å². The Hall–Kier alpha value is -6.98. The minimum atomic E-state index is 0.216. The van der Waals surface area contributed by atoms with Crippen LogP contribution in [0.25, 0.3) is 84.5 Å². The van der Waals surface area contributed by atoms with Crippen molar-refractivity contribution >= 4 is 102 Å². The van der Waals surface area contributed by atoms with E-state index in [1.807, 2.05) is 22.7 Å². The fourth-order valence-corrected chi connectivity index (χ4v) is 12.5. The highest BCUT2D eigenvalue weighted by Crippen LogP contribution is 2.55. The number of benzene rings is 9. The van der Waals surface area contributed by atoms with Gasteiger partial charge in [0.05, 0.1) is 21.5 Å². The van der Waals surface area contributed by atoms with Crippen LogP contribution in [-0.4, -0.2) is 0 Å². The fraction of sp³-hybridized carbons (Fsp3) is 0.0526. The van der Waals surface area contributed by atoms with Crippen LogP contribution < -0.4 is 4.90 Å². The number of hydrogen-bond donors (Lipinski definition) is 0. The molecule has 288 valence electrons. The molecule has 0 fully saturated rings. The van der Waals surface area contributed by atoms with E-state index < -0.39 is 0 Å². The second kappa shape index (κ2) is 13.8. The maximum atomic E-state index is 6.90. The van der Waals surface area contributed by atoms with Gasteiger partial charge in [0, 0.05) is 58.2 Å². The summed E-state index contributed by atoms with van der Waals surface area (Å²) >= 11 is 3.75. The van der Waals surface area contributed by atoms with E-state index in [1.54, 1.807) is 0 Å². The van der Waals surface area contributed by atoms with E-state index in [0.29, 0.717) is 0 Å². The van der Waals surface area contributed by atoms with Crippen molar-refractivity contribution in [3.8, 4) is 22.3 Å². The number of nitrogens with zero attached hydrogens (tertiary/aromatic N) is 1. The predicted octanol–water partition coefficient (Wildman–Crippen LogP) is 17.2. The molecule has 1 aliphatic carbocycles. The Bertz CT molecular complexity index is 3670. The number of thiophene rings is 2. The third-order valence-corrected chi connectivity index (χ3v) is 15.3. The Balaban J connectivity index is 1.16. The number of hydrogen-bond acceptors (Lipinski definition) is 4. The van der Waals surface area contributed by atoms with Crippen LogP contribution in [0.5, 0.6) is 0 Å². The Morgan fingerprint density at radius 3 is 1.98 bits per heavy atom. The van der Waals surface area contributed by atoms with Gasteiger partial charge in [-0.2, -0.15) is 0 Å². The Kier molecular flexibility index (Phi) is 7.87. The van der Waals surface area contributed by atoms with E-state index in [-0.39, 0.29) is 5.92 Å². The van der Waals surface area contributed by atoms with Gasteiger partial charge in [0.1, 0.15) is 11.2 Å². The van der Waals surface area contributed by atoms with Gasteiger partial charge in [-0.25, -0.2) is 0 Å². The van der Waals surface area contributed by atoms with Gasteiger partial charge in [-0.3, -0.25) is 0 Å². The summed E-state index contributed by atoms with van der Waals surface area (Å²) in [6, 6.07) is 71.9. The first-order valence-corrected chi connectivity index (χ1v) is 22.7. The molecule has 61 heavy (non-hydrogen) atoms. The van der Waals surface area contributed by atoms with Crippen LogP contribution >= 0.6 is 22.7 Å². The van der Waals surface area contributed by atoms with E-state index >= 15 is 0 Å². The number of fused-ring (bicyclic) bond motifs is 12. The van der Waals surface area contributed by atoms with E-state index in [2.05, 4.69) is 199 Å². The third-order valence-electron chi connectivity index (χ3n) is 12.9. The maximum Gasteiger partial charge on any atom is 0.137 e. The number of aryl methyl sites for hydroxylation is 1. The number of para-hydroxylation sites is 2. The highest BCUT2D eigenvalue weighted by atomic mass is 32.1. The molecular formula is C57H37NOS2. The van der Waals surface area contributed by atoms with Crippen molar-refractivity contribution in [1.82, 2.24) is 0 Å². The molecule has 2 nitrogen and oxygen atoms in total. The van der Waals surface area contributed by atoms with Crippen LogP contribution in [0.15, 0.2) is 199 Å². The zero-order chi connectivity index (χ0) is 40.0. The summed E-state index contributed by atoms with van der Waals surface area (Å²) in [6.45, 7) is 0. The van der Waals surface area contributed by atoms with Crippen LogP contribution in [0.3, 0.4) is 0 Å². The lowest BCUT2D eigenvalue weighted by Crippen LogP contribution is -2.13. The highest BCUT2D eigenvalue weighted by molar-refractivity contribution is 7.26. The monoisotopic (exact) mass is 815 g/mol. The second-order valence-electron chi connectivity index (χ2n) is 16.3. The van der Waals surface area contributed by atoms with Crippen LogP contribution in [-0.2, 0) is 6.42 Å². The summed E-state index contributed by atoms with van der Waals surface area (Å²) in [4.78, 5) is 2.56. The molecule has 0 radical (unpaired) electrons. The standard InChI is InChI=1S/C57H37NOS2/c1-3-14-35(15-4-1)40-29-27-38-34-50-55(45-20-7-10-23-49(45)59-50)56(58(39-16-5-2-6-17-39)48-22-13-21-44-42-18-8-12-25-52(42)61-57(44)48)54(38)47-33-36(26-30-41(40)47)37-28-31-53-46(32-37)43-19-9-11-24-51(43)60-53/h1-26,28,30-34,40H,27,29H2. The van der Waals surface area contributed by atoms with Crippen LogP contribution in [0.2, 0.25) is 0 Å². The molecule has 0 saturated carbocycles. The SMILES string of the molecule is c1ccc(C2CCc3cc4oc5ccccc5c4c(N(c4ccccc4)c4cccc5c4sc4ccccc45)c3-c3cc(-c4ccc5sc6ccccc6c5c4)ccc32)cc1. The molecule has 0 bridgehead atoms. The van der Waals surface area contributed by atoms with Gasteiger partial charge in [0.15, 0.2) is 0 Å². The Labute approximate surface area is 361 Å². The average Bonchev–Trinajstić information content (AvgIpc) is 3.98. The lowest BCUT2D eigenvalue weighted by atomic mass is 9.84. The molecule has 0 aliphatic heterocycles. The van der Waals surface area contributed by atoms with E-state index in [4.69, 9.17) is 4.42 Å². The van der Waals surface area contributed by atoms with E-state index in [9.17, 15) is 0 Å². The lowest BCUT2D eigenvalue weighted by molar-refractivity contribution is 0.667. The summed E-state index contributed by atoms with van der Waals surface area (Å²) in [5.41, 5.74) is 14.3. The first-order valence-electron chi connectivity index (χ1n) is 21.1. The Morgan fingerprint density at radius 2 is 1.15 bits per heavy atom. The van der Waals surface area contributed by atoms with Crippen molar-refractivity contribution in [2.24, 2.45) is 0 Å². The smallest absolute Gasteiger partial charge is 0.137 e. The summed E-state index contributed by atoms with van der Waals surface area (Å²) in [6.07, 6.45) is 1.89. The number of anilines is 3. The van der Waals surface area contributed by atoms with Gasteiger partial charge < -0.3 is 9.32 Å². The van der Waals surface area contributed by atoms with Crippen LogP contribution in [0.4, 0.5) is 17.1 Å². The molecule has 3 aromatic heterocycles.